The highest BCUT2D eigenvalue weighted by atomic mass is 19.4. The molecule has 4 aromatic rings. The third-order valence-electron chi connectivity index (χ3n) is 4.78. The Kier molecular flexibility index (Phi) is 5.13. The van der Waals surface area contributed by atoms with Gasteiger partial charge in [-0.25, -0.2) is 0 Å². The summed E-state index contributed by atoms with van der Waals surface area (Å²) in [6.45, 7) is 1.93. The van der Waals surface area contributed by atoms with Crippen LogP contribution in [0.4, 0.5) is 13.2 Å². The predicted octanol–water partition coefficient (Wildman–Crippen LogP) is 5.81. The first-order valence-corrected chi connectivity index (χ1v) is 9.17. The number of rotatable bonds is 4. The van der Waals surface area contributed by atoms with E-state index in [1.807, 2.05) is 31.2 Å². The molecule has 1 atom stereocenters. The lowest BCUT2D eigenvalue weighted by Crippen LogP contribution is -2.06. The molecule has 1 N–H and O–H groups in total. The first kappa shape index (κ1) is 19.8. The lowest BCUT2D eigenvalue weighted by Gasteiger charge is -2.13. The summed E-state index contributed by atoms with van der Waals surface area (Å²) in [6, 6.07) is 15.5. The number of aromatic nitrogens is 2. The molecule has 152 valence electrons. The molecular weight excluding hydrogens is 393 g/mol. The Morgan fingerprint density at radius 1 is 0.967 bits per heavy atom. The number of pyridine rings is 1. The van der Waals surface area contributed by atoms with Gasteiger partial charge in [-0.2, -0.15) is 13.2 Å². The zero-order valence-electron chi connectivity index (χ0n) is 15.9. The maximum absolute atomic E-state index is 13.2. The summed E-state index contributed by atoms with van der Waals surface area (Å²) in [4.78, 5) is 4.02. The Labute approximate surface area is 170 Å². The van der Waals surface area contributed by atoms with E-state index in [-0.39, 0.29) is 16.8 Å². The Morgan fingerprint density at radius 3 is 2.40 bits per heavy atom. The Morgan fingerprint density at radius 2 is 1.73 bits per heavy atom. The molecule has 2 aromatic carbocycles. The van der Waals surface area contributed by atoms with Gasteiger partial charge in [-0.3, -0.25) is 4.98 Å². The second-order valence-electron chi connectivity index (χ2n) is 6.91. The number of nitrogens with zero attached hydrogens (tertiary/aromatic N) is 2. The number of aliphatic hydroxyl groups is 1. The zero-order chi connectivity index (χ0) is 21.3. The number of benzene rings is 2. The molecular formula is C23H17F3N2O2. The van der Waals surface area contributed by atoms with Gasteiger partial charge in [-0.05, 0) is 25.1 Å². The van der Waals surface area contributed by atoms with Gasteiger partial charge in [0.05, 0.1) is 11.1 Å². The molecule has 0 fully saturated rings. The number of aryl methyl sites for hydroxylation is 1. The molecule has 0 saturated carbocycles. The fourth-order valence-corrected chi connectivity index (χ4v) is 3.22. The van der Waals surface area contributed by atoms with Gasteiger partial charge in [0, 0.05) is 29.1 Å². The topological polar surface area (TPSA) is 59.2 Å². The van der Waals surface area contributed by atoms with Crippen molar-refractivity contribution in [3.05, 3.63) is 95.3 Å². The van der Waals surface area contributed by atoms with Gasteiger partial charge >= 0.3 is 6.18 Å². The van der Waals surface area contributed by atoms with Gasteiger partial charge in [0.15, 0.2) is 5.76 Å². The maximum atomic E-state index is 13.2. The van der Waals surface area contributed by atoms with Crippen LogP contribution in [0.15, 0.2) is 77.6 Å². The fraction of sp³-hybridized carbons (Fsp3) is 0.130. The number of hydrogen-bond acceptors (Lipinski definition) is 4. The van der Waals surface area contributed by atoms with Crippen LogP contribution in [-0.2, 0) is 6.18 Å². The van der Waals surface area contributed by atoms with Gasteiger partial charge in [0.1, 0.15) is 11.8 Å². The summed E-state index contributed by atoms with van der Waals surface area (Å²) < 4.78 is 45.2. The molecule has 0 aliphatic heterocycles. The van der Waals surface area contributed by atoms with E-state index in [1.165, 1.54) is 18.3 Å². The Bertz CT molecular complexity index is 1150. The molecule has 4 rings (SSSR count). The molecule has 2 aromatic heterocycles. The third-order valence-corrected chi connectivity index (χ3v) is 4.78. The molecule has 0 bridgehead atoms. The standard InChI is InChI=1S/C23H17F3N2O2/c1-14-7-9-15(10-8-14)22-19(21(29)17-5-3-11-27-13-17)20(28-30-22)16-4-2-6-18(12-16)23(24,25)26/h2-13,21,29H,1H3. The molecule has 0 spiro atoms. The molecule has 4 nitrogen and oxygen atoms in total. The average Bonchev–Trinajstić information content (AvgIpc) is 3.19. The van der Waals surface area contributed by atoms with Crippen molar-refractivity contribution >= 4 is 0 Å². The third kappa shape index (κ3) is 3.84. The maximum Gasteiger partial charge on any atom is 0.416 e. The minimum atomic E-state index is -4.50. The molecule has 2 heterocycles. The number of aliphatic hydroxyl groups excluding tert-OH is 1. The van der Waals surface area contributed by atoms with E-state index < -0.39 is 17.8 Å². The first-order chi connectivity index (χ1) is 14.3. The highest BCUT2D eigenvalue weighted by molar-refractivity contribution is 5.74. The minimum Gasteiger partial charge on any atom is -0.383 e. The van der Waals surface area contributed by atoms with E-state index in [1.54, 1.807) is 18.3 Å². The Hall–Kier alpha value is -3.45. The zero-order valence-corrected chi connectivity index (χ0v) is 15.9. The van der Waals surface area contributed by atoms with Crippen LogP contribution in [0.3, 0.4) is 0 Å². The van der Waals surface area contributed by atoms with Crippen LogP contribution in [0, 0.1) is 6.92 Å². The summed E-state index contributed by atoms with van der Waals surface area (Å²) >= 11 is 0. The van der Waals surface area contributed by atoms with Crippen molar-refractivity contribution in [1.29, 1.82) is 0 Å². The number of hydrogen-bond donors (Lipinski definition) is 1. The monoisotopic (exact) mass is 410 g/mol. The number of halogens is 3. The summed E-state index contributed by atoms with van der Waals surface area (Å²) in [5, 5.41) is 15.1. The van der Waals surface area contributed by atoms with Gasteiger partial charge in [0.2, 0.25) is 0 Å². The van der Waals surface area contributed by atoms with Crippen LogP contribution in [0.2, 0.25) is 0 Å². The quantitative estimate of drug-likeness (QED) is 0.461. The predicted molar refractivity (Wildman–Crippen MR) is 105 cm³/mol. The molecule has 0 aliphatic rings. The molecule has 0 radical (unpaired) electrons. The van der Waals surface area contributed by atoms with Crippen LogP contribution in [0.1, 0.15) is 28.4 Å². The lowest BCUT2D eigenvalue weighted by atomic mass is 9.94. The van der Waals surface area contributed by atoms with Gasteiger partial charge in [-0.1, -0.05) is 53.2 Å². The van der Waals surface area contributed by atoms with Crippen LogP contribution in [0.5, 0.6) is 0 Å². The van der Waals surface area contributed by atoms with E-state index in [0.717, 1.165) is 17.7 Å². The first-order valence-electron chi connectivity index (χ1n) is 9.17. The van der Waals surface area contributed by atoms with Crippen LogP contribution in [-0.4, -0.2) is 15.2 Å². The molecule has 1 unspecified atom stereocenters. The largest absolute Gasteiger partial charge is 0.416 e. The summed E-state index contributed by atoms with van der Waals surface area (Å²) in [5.41, 5.74) is 1.99. The van der Waals surface area contributed by atoms with Gasteiger partial charge in [-0.15, -0.1) is 0 Å². The van der Waals surface area contributed by atoms with Crippen molar-refractivity contribution in [3.63, 3.8) is 0 Å². The lowest BCUT2D eigenvalue weighted by molar-refractivity contribution is -0.137. The SMILES string of the molecule is Cc1ccc(-c2onc(-c3cccc(C(F)(F)F)c3)c2C(O)c2cccnc2)cc1. The van der Waals surface area contributed by atoms with Crippen molar-refractivity contribution in [1.82, 2.24) is 10.1 Å². The molecule has 0 aliphatic carbocycles. The van der Waals surface area contributed by atoms with Crippen LogP contribution >= 0.6 is 0 Å². The van der Waals surface area contributed by atoms with Gasteiger partial charge in [0.25, 0.3) is 0 Å². The fourth-order valence-electron chi connectivity index (χ4n) is 3.22. The molecule has 0 saturated heterocycles. The summed E-state index contributed by atoms with van der Waals surface area (Å²) in [6.07, 6.45) is -2.63. The van der Waals surface area contributed by atoms with E-state index >= 15 is 0 Å². The van der Waals surface area contributed by atoms with Gasteiger partial charge < -0.3 is 9.63 Å². The van der Waals surface area contributed by atoms with Crippen molar-refractivity contribution in [2.45, 2.75) is 19.2 Å². The van der Waals surface area contributed by atoms with E-state index in [2.05, 4.69) is 10.1 Å². The second kappa shape index (κ2) is 7.76. The van der Waals surface area contributed by atoms with Crippen LogP contribution in [0.25, 0.3) is 22.6 Å². The Balaban J connectivity index is 1.91. The normalized spacial score (nSPS) is 12.7. The van der Waals surface area contributed by atoms with Crippen molar-refractivity contribution in [2.24, 2.45) is 0 Å². The smallest absolute Gasteiger partial charge is 0.383 e. The molecule has 7 heteroatoms. The molecule has 0 amide bonds. The molecule has 30 heavy (non-hydrogen) atoms. The van der Waals surface area contributed by atoms with Crippen LogP contribution < -0.4 is 0 Å². The summed E-state index contributed by atoms with van der Waals surface area (Å²) in [5.74, 6) is 0.291. The van der Waals surface area contributed by atoms with E-state index in [4.69, 9.17) is 4.52 Å². The summed E-state index contributed by atoms with van der Waals surface area (Å²) in [7, 11) is 0. The highest BCUT2D eigenvalue weighted by Crippen LogP contribution is 2.40. The highest BCUT2D eigenvalue weighted by Gasteiger charge is 2.32. The van der Waals surface area contributed by atoms with Crippen molar-refractivity contribution < 1.29 is 22.8 Å². The second-order valence-corrected chi connectivity index (χ2v) is 6.91. The minimum absolute atomic E-state index is 0.146. The number of alkyl halides is 3. The van der Waals surface area contributed by atoms with Crippen molar-refractivity contribution in [2.75, 3.05) is 0 Å². The van der Waals surface area contributed by atoms with E-state index in [0.29, 0.717) is 16.9 Å². The van der Waals surface area contributed by atoms with E-state index in [9.17, 15) is 18.3 Å². The van der Waals surface area contributed by atoms with Crippen molar-refractivity contribution in [3.8, 4) is 22.6 Å². The average molecular weight is 410 g/mol.